The van der Waals surface area contributed by atoms with Gasteiger partial charge in [-0.3, -0.25) is 0 Å². The normalized spacial score (nSPS) is 66.3. The maximum absolute atomic E-state index is 2.82. The summed E-state index contributed by atoms with van der Waals surface area (Å²) >= 11 is 0. The first kappa shape index (κ1) is 25.1. The minimum atomic E-state index is 0.341. The van der Waals surface area contributed by atoms with Crippen LogP contribution >= 0.6 is 0 Å². The molecule has 0 amide bonds. The maximum Gasteiger partial charge on any atom is -0.0176 e. The third-order valence-corrected chi connectivity index (χ3v) is 16.5. The van der Waals surface area contributed by atoms with Crippen molar-refractivity contribution in [1.29, 1.82) is 0 Å². The molecule has 0 saturated heterocycles. The van der Waals surface area contributed by atoms with Crippen LogP contribution in [0.4, 0.5) is 0 Å². The van der Waals surface area contributed by atoms with Gasteiger partial charge in [-0.15, -0.1) is 0 Å². The molecule has 7 unspecified atom stereocenters. The molecule has 14 atom stereocenters. The Morgan fingerprint density at radius 1 is 0.500 bits per heavy atom. The summed E-state index contributed by atoms with van der Waals surface area (Å²) in [6.07, 6.45) is 2.83. The lowest BCUT2D eigenvalue weighted by Crippen LogP contribution is -2.77. The van der Waals surface area contributed by atoms with Crippen LogP contribution in [-0.4, -0.2) is 0 Å². The van der Waals surface area contributed by atoms with E-state index in [-0.39, 0.29) is 0 Å². The van der Waals surface area contributed by atoms with Crippen molar-refractivity contribution >= 4 is 0 Å². The molecular weight excluding hydrogens is 384 g/mol. The molecule has 4 rings (SSSR count). The van der Waals surface area contributed by atoms with Crippen LogP contribution in [0.3, 0.4) is 0 Å². The summed E-state index contributed by atoms with van der Waals surface area (Å²) in [6.45, 7) is 40.3. The summed E-state index contributed by atoms with van der Waals surface area (Å²) in [5, 5.41) is 0. The zero-order chi connectivity index (χ0) is 24.6. The zero-order valence-corrected chi connectivity index (χ0v) is 24.6. The molecular formula is C32H58. The van der Waals surface area contributed by atoms with Crippen LogP contribution in [0, 0.1) is 85.8 Å². The summed E-state index contributed by atoms with van der Waals surface area (Å²) in [5.41, 5.74) is 2.21. The molecule has 0 heteroatoms. The molecule has 32 heavy (non-hydrogen) atoms. The number of hydrogen-bond acceptors (Lipinski definition) is 0. The highest BCUT2D eigenvalue weighted by Crippen LogP contribution is 2.88. The number of fused-ring (bicyclic) bond motifs is 5. The molecule has 4 aliphatic rings. The van der Waals surface area contributed by atoms with E-state index in [0.717, 1.165) is 53.3 Å². The lowest BCUT2D eigenvalue weighted by Gasteiger charge is -2.82. The molecule has 4 saturated carbocycles. The first-order valence-electron chi connectivity index (χ1n) is 14.3. The van der Waals surface area contributed by atoms with E-state index in [4.69, 9.17) is 0 Å². The Bertz CT molecular complexity index is 779. The predicted octanol–water partition coefficient (Wildman–Crippen LogP) is 9.58. The van der Waals surface area contributed by atoms with Crippen molar-refractivity contribution in [2.75, 3.05) is 0 Å². The fourth-order valence-electron chi connectivity index (χ4n) is 13.1. The van der Waals surface area contributed by atoms with Crippen LogP contribution in [0.1, 0.15) is 117 Å². The van der Waals surface area contributed by atoms with Gasteiger partial charge in [0.1, 0.15) is 0 Å². The predicted molar refractivity (Wildman–Crippen MR) is 140 cm³/mol. The Hall–Kier alpha value is 0. The van der Waals surface area contributed by atoms with Gasteiger partial charge in [-0.25, -0.2) is 0 Å². The summed E-state index contributed by atoms with van der Waals surface area (Å²) in [4.78, 5) is 0. The standard InChI is InChI=1S/C32H58/c1-18-16-28(11)26(21(4)20(18)3)22(5)23(6)32(15)29(12)17-19(2)27(9,10)30(29,13)24(7)25(8)31(28,32)14/h18-26H,16-17H2,1-15H3/t18-,19-,20-,21-,22?,23?,24?,25-,26+,28+,29?,30?,31?,32?/m1/s1. The van der Waals surface area contributed by atoms with Crippen LogP contribution in [0.2, 0.25) is 0 Å². The number of rotatable bonds is 0. The molecule has 0 radical (unpaired) electrons. The summed E-state index contributed by atoms with van der Waals surface area (Å²) in [7, 11) is 0. The lowest BCUT2D eigenvalue weighted by molar-refractivity contribution is -0.350. The van der Waals surface area contributed by atoms with Gasteiger partial charge in [0.25, 0.3) is 0 Å². The highest BCUT2D eigenvalue weighted by atomic mass is 14.9. The topological polar surface area (TPSA) is 0 Å². The summed E-state index contributed by atoms with van der Waals surface area (Å²) in [5.74, 6) is 7.16. The average molecular weight is 443 g/mol. The Labute approximate surface area is 202 Å². The van der Waals surface area contributed by atoms with E-state index in [1.54, 1.807) is 0 Å². The van der Waals surface area contributed by atoms with Crippen LogP contribution in [0.25, 0.3) is 0 Å². The number of hydrogen-bond donors (Lipinski definition) is 0. The summed E-state index contributed by atoms with van der Waals surface area (Å²) < 4.78 is 0. The van der Waals surface area contributed by atoms with Gasteiger partial charge < -0.3 is 0 Å². The van der Waals surface area contributed by atoms with Crippen molar-refractivity contribution in [3.63, 3.8) is 0 Å². The molecule has 0 aromatic carbocycles. The van der Waals surface area contributed by atoms with Gasteiger partial charge in [-0.05, 0) is 98.6 Å². The van der Waals surface area contributed by atoms with E-state index >= 15 is 0 Å². The fourth-order valence-corrected chi connectivity index (χ4v) is 13.1. The molecule has 0 bridgehead atoms. The first-order chi connectivity index (χ1) is 14.3. The molecule has 186 valence electrons. The van der Waals surface area contributed by atoms with E-state index in [9.17, 15) is 0 Å². The SMILES string of the molecule is CC1C(C)C2(C)C3(C)C[C@@H](C)C(C)(C)C3(C)C(C)[C@@H](C)C2(C)[C@@]2(C)C[C@@H](C)[C@@H](C)[C@@H](C)[C@@H]12. The van der Waals surface area contributed by atoms with Crippen LogP contribution in [0.15, 0.2) is 0 Å². The van der Waals surface area contributed by atoms with Gasteiger partial charge in [-0.2, -0.15) is 0 Å². The monoisotopic (exact) mass is 442 g/mol. The fraction of sp³-hybridized carbons (Fsp3) is 1.00. The van der Waals surface area contributed by atoms with Crippen molar-refractivity contribution in [3.8, 4) is 0 Å². The Balaban J connectivity index is 2.05. The molecule has 0 aliphatic heterocycles. The second kappa shape index (κ2) is 6.60. The minimum absolute atomic E-state index is 0.341. The van der Waals surface area contributed by atoms with E-state index in [2.05, 4.69) is 104 Å². The van der Waals surface area contributed by atoms with E-state index < -0.39 is 0 Å². The lowest BCUT2D eigenvalue weighted by atomic mass is 9.22. The third-order valence-electron chi connectivity index (χ3n) is 16.5. The Morgan fingerprint density at radius 2 is 1.00 bits per heavy atom. The maximum atomic E-state index is 2.82. The Kier molecular flexibility index (Phi) is 5.18. The molecule has 4 fully saturated rings. The van der Waals surface area contributed by atoms with Gasteiger partial charge in [0.05, 0.1) is 0 Å². The summed E-state index contributed by atoms with van der Waals surface area (Å²) in [6, 6.07) is 0. The third kappa shape index (κ3) is 2.12. The van der Waals surface area contributed by atoms with Crippen molar-refractivity contribution in [3.05, 3.63) is 0 Å². The van der Waals surface area contributed by atoms with Gasteiger partial charge in [0.15, 0.2) is 0 Å². The smallest absolute Gasteiger partial charge is 0.0176 e. The van der Waals surface area contributed by atoms with Crippen LogP contribution in [-0.2, 0) is 0 Å². The van der Waals surface area contributed by atoms with Gasteiger partial charge in [0, 0.05) is 0 Å². The zero-order valence-electron chi connectivity index (χ0n) is 24.6. The van der Waals surface area contributed by atoms with Gasteiger partial charge in [-0.1, -0.05) is 104 Å². The van der Waals surface area contributed by atoms with Crippen LogP contribution in [0.5, 0.6) is 0 Å². The molecule has 0 heterocycles. The van der Waals surface area contributed by atoms with Gasteiger partial charge >= 0.3 is 0 Å². The average Bonchev–Trinajstić information content (AvgIpc) is 2.85. The van der Waals surface area contributed by atoms with E-state index in [0.29, 0.717) is 32.5 Å². The minimum Gasteiger partial charge on any atom is -0.0622 e. The van der Waals surface area contributed by atoms with Crippen molar-refractivity contribution in [1.82, 2.24) is 0 Å². The van der Waals surface area contributed by atoms with Gasteiger partial charge in [0.2, 0.25) is 0 Å². The van der Waals surface area contributed by atoms with E-state index in [1.807, 2.05) is 0 Å². The van der Waals surface area contributed by atoms with Crippen LogP contribution < -0.4 is 0 Å². The molecule has 0 nitrogen and oxygen atoms in total. The van der Waals surface area contributed by atoms with E-state index in [1.165, 1.54) is 12.8 Å². The first-order valence-corrected chi connectivity index (χ1v) is 14.3. The molecule has 4 aliphatic carbocycles. The second-order valence-electron chi connectivity index (χ2n) is 15.8. The highest BCUT2D eigenvalue weighted by Gasteiger charge is 2.83. The second-order valence-corrected chi connectivity index (χ2v) is 15.8. The van der Waals surface area contributed by atoms with Crippen molar-refractivity contribution < 1.29 is 0 Å². The molecule has 0 N–H and O–H groups in total. The molecule has 0 aromatic rings. The molecule has 0 spiro atoms. The largest absolute Gasteiger partial charge is 0.0622 e. The molecule has 0 aromatic heterocycles. The quantitative estimate of drug-likeness (QED) is 0.350. The van der Waals surface area contributed by atoms with Crippen molar-refractivity contribution in [2.45, 2.75) is 117 Å². The van der Waals surface area contributed by atoms with Crippen molar-refractivity contribution in [2.24, 2.45) is 85.8 Å². The highest BCUT2D eigenvalue weighted by molar-refractivity contribution is 5.30. The Morgan fingerprint density at radius 3 is 1.53 bits per heavy atom.